The van der Waals surface area contributed by atoms with Crippen molar-refractivity contribution in [2.75, 3.05) is 14.2 Å². The van der Waals surface area contributed by atoms with Crippen LogP contribution in [0, 0.1) is 6.92 Å². The number of hydrogen-bond acceptors (Lipinski definition) is 5. The fraction of sp³-hybridized carbons (Fsp3) is 0.167. The van der Waals surface area contributed by atoms with Crippen LogP contribution in [0.5, 0.6) is 11.5 Å². The summed E-state index contributed by atoms with van der Waals surface area (Å²) in [4.78, 5) is 4.50. The molecule has 0 N–H and O–H groups in total. The largest absolute Gasteiger partial charge is 0.497 e. The lowest BCUT2D eigenvalue weighted by atomic mass is 10.2. The second-order valence-corrected chi connectivity index (χ2v) is 7.27. The zero-order valence-electron chi connectivity index (χ0n) is 13.6. The molecule has 0 unspecified atom stereocenters. The number of methoxy groups -OCH3 is 2. The molecule has 0 atom stereocenters. The van der Waals surface area contributed by atoms with E-state index in [-0.39, 0.29) is 15.5 Å². The monoisotopic (exact) mass is 343 g/mol. The Hall–Kier alpha value is -2.60. The maximum absolute atomic E-state index is 13.0. The molecule has 0 radical (unpaired) electrons. The lowest BCUT2D eigenvalue weighted by Crippen LogP contribution is -2.06. The third-order valence-electron chi connectivity index (χ3n) is 3.82. The van der Waals surface area contributed by atoms with Gasteiger partial charge in [0.05, 0.1) is 30.8 Å². The number of hydrogen-bond donors (Lipinski definition) is 0. The van der Waals surface area contributed by atoms with Crippen LogP contribution in [0.2, 0.25) is 0 Å². The highest BCUT2D eigenvalue weighted by molar-refractivity contribution is 7.91. The smallest absolute Gasteiger partial charge is 0.211 e. The first kappa shape index (κ1) is 16.3. The lowest BCUT2D eigenvalue weighted by molar-refractivity contribution is 0.405. The number of sulfone groups is 1. The molecule has 24 heavy (non-hydrogen) atoms. The van der Waals surface area contributed by atoms with Crippen molar-refractivity contribution >= 4 is 20.7 Å². The standard InChI is InChI=1S/C18H17NO4S/c1-12-4-7-14(8-5-12)24(20,21)17-11-19-16-9-6-13(22-2)10-15(16)18(17)23-3/h4-11H,1-3H3. The highest BCUT2D eigenvalue weighted by Gasteiger charge is 2.24. The van der Waals surface area contributed by atoms with E-state index in [1.54, 1.807) is 49.6 Å². The van der Waals surface area contributed by atoms with Crippen LogP contribution in [-0.4, -0.2) is 27.6 Å². The fourth-order valence-electron chi connectivity index (χ4n) is 2.50. The normalized spacial score (nSPS) is 11.5. The van der Waals surface area contributed by atoms with Gasteiger partial charge in [-0.15, -0.1) is 0 Å². The topological polar surface area (TPSA) is 65.5 Å². The van der Waals surface area contributed by atoms with Crippen molar-refractivity contribution in [1.82, 2.24) is 4.98 Å². The molecule has 0 bridgehead atoms. The predicted molar refractivity (Wildman–Crippen MR) is 91.5 cm³/mol. The van der Waals surface area contributed by atoms with Gasteiger partial charge in [-0.1, -0.05) is 17.7 Å². The van der Waals surface area contributed by atoms with Crippen LogP contribution >= 0.6 is 0 Å². The van der Waals surface area contributed by atoms with Crippen LogP contribution in [0.1, 0.15) is 5.56 Å². The molecular weight excluding hydrogens is 326 g/mol. The van der Waals surface area contributed by atoms with Gasteiger partial charge in [-0.05, 0) is 37.3 Å². The summed E-state index contributed by atoms with van der Waals surface area (Å²) in [6.07, 6.45) is 1.34. The van der Waals surface area contributed by atoms with Crippen LogP contribution in [0.15, 0.2) is 58.5 Å². The Balaban J connectivity index is 2.27. The molecule has 3 aromatic rings. The summed E-state index contributed by atoms with van der Waals surface area (Å²) in [6.45, 7) is 1.90. The zero-order chi connectivity index (χ0) is 17.3. The second kappa shape index (κ2) is 6.13. The van der Waals surface area contributed by atoms with E-state index in [2.05, 4.69) is 4.98 Å². The van der Waals surface area contributed by atoms with Crippen molar-refractivity contribution < 1.29 is 17.9 Å². The summed E-state index contributed by atoms with van der Waals surface area (Å²) in [6, 6.07) is 11.9. The third kappa shape index (κ3) is 2.69. The first-order valence-electron chi connectivity index (χ1n) is 7.30. The van der Waals surface area contributed by atoms with E-state index in [0.29, 0.717) is 16.7 Å². The van der Waals surface area contributed by atoms with Gasteiger partial charge < -0.3 is 9.47 Å². The van der Waals surface area contributed by atoms with Crippen molar-refractivity contribution in [3.05, 3.63) is 54.2 Å². The summed E-state index contributed by atoms with van der Waals surface area (Å²) in [5.74, 6) is 0.868. The van der Waals surface area contributed by atoms with Crippen molar-refractivity contribution in [2.45, 2.75) is 16.7 Å². The Morgan fingerprint density at radius 3 is 2.29 bits per heavy atom. The van der Waals surface area contributed by atoms with Gasteiger partial charge in [-0.3, -0.25) is 4.98 Å². The molecular formula is C18H17NO4S. The Morgan fingerprint density at radius 2 is 1.67 bits per heavy atom. The summed E-state index contributed by atoms with van der Waals surface area (Å²) in [5.41, 5.74) is 1.62. The summed E-state index contributed by atoms with van der Waals surface area (Å²) >= 11 is 0. The van der Waals surface area contributed by atoms with E-state index in [0.717, 1.165) is 5.56 Å². The molecule has 0 aliphatic rings. The first-order valence-corrected chi connectivity index (χ1v) is 8.78. The minimum atomic E-state index is -3.74. The third-order valence-corrected chi connectivity index (χ3v) is 5.58. The lowest BCUT2D eigenvalue weighted by Gasteiger charge is -2.13. The highest BCUT2D eigenvalue weighted by atomic mass is 32.2. The molecule has 3 rings (SSSR count). The van der Waals surface area contributed by atoms with Crippen molar-refractivity contribution in [2.24, 2.45) is 0 Å². The summed E-state index contributed by atoms with van der Waals surface area (Å²) < 4.78 is 36.6. The SMILES string of the molecule is COc1ccc2ncc(S(=O)(=O)c3ccc(C)cc3)c(OC)c2c1. The molecule has 6 heteroatoms. The van der Waals surface area contributed by atoms with E-state index < -0.39 is 9.84 Å². The summed E-state index contributed by atoms with van der Waals surface area (Å²) in [5, 5.41) is 0.588. The Labute approximate surface area is 140 Å². The van der Waals surface area contributed by atoms with E-state index in [1.165, 1.54) is 13.3 Å². The van der Waals surface area contributed by atoms with Crippen LogP contribution in [0.25, 0.3) is 10.9 Å². The average molecular weight is 343 g/mol. The fourth-order valence-corrected chi connectivity index (χ4v) is 3.88. The van der Waals surface area contributed by atoms with E-state index in [4.69, 9.17) is 9.47 Å². The van der Waals surface area contributed by atoms with Gasteiger partial charge in [0.1, 0.15) is 16.4 Å². The highest BCUT2D eigenvalue weighted by Crippen LogP contribution is 2.36. The molecule has 0 aliphatic carbocycles. The number of fused-ring (bicyclic) bond motifs is 1. The van der Waals surface area contributed by atoms with Gasteiger partial charge >= 0.3 is 0 Å². The van der Waals surface area contributed by atoms with E-state index in [1.807, 2.05) is 6.92 Å². The minimum absolute atomic E-state index is 0.0367. The Kier molecular flexibility index (Phi) is 4.15. The van der Waals surface area contributed by atoms with Gasteiger partial charge in [0.15, 0.2) is 0 Å². The predicted octanol–water partition coefficient (Wildman–Crippen LogP) is 3.39. The number of aryl methyl sites for hydroxylation is 1. The van der Waals surface area contributed by atoms with Crippen LogP contribution < -0.4 is 9.47 Å². The molecule has 2 aromatic carbocycles. The first-order chi connectivity index (χ1) is 11.5. The number of benzene rings is 2. The van der Waals surface area contributed by atoms with E-state index in [9.17, 15) is 8.42 Å². The molecule has 0 spiro atoms. The van der Waals surface area contributed by atoms with Gasteiger partial charge in [0, 0.05) is 5.39 Å². The zero-order valence-corrected chi connectivity index (χ0v) is 14.4. The summed E-state index contributed by atoms with van der Waals surface area (Å²) in [7, 11) is -0.741. The van der Waals surface area contributed by atoms with Gasteiger partial charge in [-0.2, -0.15) is 0 Å². The van der Waals surface area contributed by atoms with Crippen molar-refractivity contribution in [3.63, 3.8) is 0 Å². The number of pyridine rings is 1. The van der Waals surface area contributed by atoms with Crippen LogP contribution in [0.3, 0.4) is 0 Å². The molecule has 0 saturated carbocycles. The molecule has 0 aliphatic heterocycles. The minimum Gasteiger partial charge on any atom is -0.497 e. The molecule has 1 heterocycles. The van der Waals surface area contributed by atoms with Crippen molar-refractivity contribution in [3.8, 4) is 11.5 Å². The number of ether oxygens (including phenoxy) is 2. The maximum Gasteiger partial charge on any atom is 0.211 e. The molecule has 0 fully saturated rings. The van der Waals surface area contributed by atoms with Gasteiger partial charge in [0.2, 0.25) is 9.84 Å². The van der Waals surface area contributed by atoms with E-state index >= 15 is 0 Å². The molecule has 124 valence electrons. The molecule has 5 nitrogen and oxygen atoms in total. The molecule has 1 aromatic heterocycles. The van der Waals surface area contributed by atoms with Crippen molar-refractivity contribution in [1.29, 1.82) is 0 Å². The maximum atomic E-state index is 13.0. The quantitative estimate of drug-likeness (QED) is 0.726. The van der Waals surface area contributed by atoms with Crippen LogP contribution in [-0.2, 0) is 9.84 Å². The number of aromatic nitrogens is 1. The molecule has 0 amide bonds. The number of rotatable bonds is 4. The van der Waals surface area contributed by atoms with Gasteiger partial charge in [-0.25, -0.2) is 8.42 Å². The van der Waals surface area contributed by atoms with Crippen LogP contribution in [0.4, 0.5) is 0 Å². The Bertz CT molecular complexity index is 995. The van der Waals surface area contributed by atoms with Gasteiger partial charge in [0.25, 0.3) is 0 Å². The Morgan fingerprint density at radius 1 is 0.958 bits per heavy atom. The molecule has 0 saturated heterocycles. The second-order valence-electron chi connectivity index (χ2n) is 5.36. The number of nitrogens with zero attached hydrogens (tertiary/aromatic N) is 1. The average Bonchev–Trinajstić information content (AvgIpc) is 2.60.